The van der Waals surface area contributed by atoms with Gasteiger partial charge in [0.1, 0.15) is 12.6 Å². The average molecular weight is 433 g/mol. The SMILES string of the molecule is N[C@@H](CCC(=O)O)C(=O)N[C@@H](CSCC(=O)N1CC(=NO)C1)C(=O)NCC(=O)O. The molecule has 13 nitrogen and oxygen atoms in total. The van der Waals surface area contributed by atoms with Crippen LogP contribution in [0.25, 0.3) is 0 Å². The fraction of sp³-hybridized carbons (Fsp3) is 0.600. The molecule has 3 amide bonds. The van der Waals surface area contributed by atoms with Gasteiger partial charge in [-0.3, -0.25) is 24.0 Å². The van der Waals surface area contributed by atoms with Crippen molar-refractivity contribution in [3.05, 3.63) is 0 Å². The highest BCUT2D eigenvalue weighted by Gasteiger charge is 2.28. The summed E-state index contributed by atoms with van der Waals surface area (Å²) in [7, 11) is 0. The Hall–Kier alpha value is -2.87. The molecule has 0 radical (unpaired) electrons. The number of thioether (sulfide) groups is 1. The number of aliphatic carboxylic acids is 2. The lowest BCUT2D eigenvalue weighted by molar-refractivity contribution is -0.138. The largest absolute Gasteiger partial charge is 0.481 e. The fourth-order valence-electron chi connectivity index (χ4n) is 2.15. The minimum absolute atomic E-state index is 0.0116. The summed E-state index contributed by atoms with van der Waals surface area (Å²) >= 11 is 1.04. The Bertz CT molecular complexity index is 678. The van der Waals surface area contributed by atoms with Gasteiger partial charge < -0.3 is 36.7 Å². The molecule has 0 unspecified atom stereocenters. The van der Waals surface area contributed by atoms with Crippen LogP contribution in [0.3, 0.4) is 0 Å². The van der Waals surface area contributed by atoms with Crippen LogP contribution in [0, 0.1) is 0 Å². The molecule has 7 N–H and O–H groups in total. The molecule has 1 rings (SSSR count). The van der Waals surface area contributed by atoms with Crippen molar-refractivity contribution in [1.29, 1.82) is 0 Å². The maximum absolute atomic E-state index is 12.2. The molecule has 2 atom stereocenters. The van der Waals surface area contributed by atoms with Crippen LogP contribution in [0.5, 0.6) is 0 Å². The van der Waals surface area contributed by atoms with Gasteiger partial charge in [-0.2, -0.15) is 0 Å². The van der Waals surface area contributed by atoms with E-state index in [2.05, 4.69) is 15.8 Å². The van der Waals surface area contributed by atoms with Gasteiger partial charge in [0.25, 0.3) is 0 Å². The maximum Gasteiger partial charge on any atom is 0.322 e. The highest BCUT2D eigenvalue weighted by molar-refractivity contribution is 8.00. The zero-order valence-electron chi connectivity index (χ0n) is 15.4. The summed E-state index contributed by atoms with van der Waals surface area (Å²) in [5, 5.41) is 33.3. The second-order valence-electron chi connectivity index (χ2n) is 6.14. The summed E-state index contributed by atoms with van der Waals surface area (Å²) in [6.45, 7) is -0.224. The monoisotopic (exact) mass is 433 g/mol. The summed E-state index contributed by atoms with van der Waals surface area (Å²) < 4.78 is 0. The normalized spacial score (nSPS) is 14.9. The third-order valence-corrected chi connectivity index (χ3v) is 4.82. The fourth-order valence-corrected chi connectivity index (χ4v) is 3.09. The Morgan fingerprint density at radius 3 is 2.34 bits per heavy atom. The summed E-state index contributed by atoms with van der Waals surface area (Å²) in [5.41, 5.74) is 6.07. The quantitative estimate of drug-likeness (QED) is 0.138. The predicted octanol–water partition coefficient (Wildman–Crippen LogP) is -2.73. The van der Waals surface area contributed by atoms with E-state index in [1.165, 1.54) is 4.90 Å². The van der Waals surface area contributed by atoms with Crippen molar-refractivity contribution >= 4 is 47.1 Å². The van der Waals surface area contributed by atoms with E-state index in [-0.39, 0.29) is 43.3 Å². The van der Waals surface area contributed by atoms with Gasteiger partial charge in [-0.05, 0) is 6.42 Å². The van der Waals surface area contributed by atoms with Gasteiger partial charge in [0.2, 0.25) is 17.7 Å². The van der Waals surface area contributed by atoms with Crippen LogP contribution in [-0.2, 0) is 24.0 Å². The lowest BCUT2D eigenvalue weighted by Gasteiger charge is -2.31. The Balaban J connectivity index is 2.57. The van der Waals surface area contributed by atoms with E-state index in [0.717, 1.165) is 11.8 Å². The molecule has 0 bridgehead atoms. The van der Waals surface area contributed by atoms with Gasteiger partial charge in [0.05, 0.1) is 30.6 Å². The molecule has 14 heteroatoms. The standard InChI is InChI=1S/C15H23N5O8S/c16-9(1-2-12(22)23)14(26)18-10(15(27)17-3-13(24)25)6-29-7-11(21)20-4-8(5-20)19-28/h9-10,28H,1-7,16H2,(H,17,27)(H,18,26)(H,22,23)(H,24,25)/t9-,10-/m0/s1. The number of nitrogens with one attached hydrogen (secondary N) is 2. The molecule has 0 spiro atoms. The van der Waals surface area contributed by atoms with Gasteiger partial charge in [0.15, 0.2) is 0 Å². The number of hydrogen-bond donors (Lipinski definition) is 6. The highest BCUT2D eigenvalue weighted by Crippen LogP contribution is 2.10. The first-order valence-corrected chi connectivity index (χ1v) is 9.62. The third kappa shape index (κ3) is 8.78. The molecule has 1 aliphatic rings. The number of amides is 3. The van der Waals surface area contributed by atoms with Crippen molar-refractivity contribution in [3.63, 3.8) is 0 Å². The lowest BCUT2D eigenvalue weighted by atomic mass is 10.1. The molecule has 0 saturated carbocycles. The van der Waals surface area contributed by atoms with Crippen LogP contribution < -0.4 is 16.4 Å². The number of rotatable bonds is 12. The number of nitrogens with two attached hydrogens (primary N) is 1. The Morgan fingerprint density at radius 1 is 1.14 bits per heavy atom. The Labute approximate surface area is 169 Å². The zero-order valence-corrected chi connectivity index (χ0v) is 16.2. The number of likely N-dealkylation sites (tertiary alicyclic amines) is 1. The molecule has 1 aliphatic heterocycles. The van der Waals surface area contributed by atoms with E-state index < -0.39 is 42.4 Å². The number of hydrogen-bond acceptors (Lipinski definition) is 9. The van der Waals surface area contributed by atoms with Gasteiger partial charge in [-0.15, -0.1) is 11.8 Å². The van der Waals surface area contributed by atoms with Crippen molar-refractivity contribution in [3.8, 4) is 0 Å². The molecule has 1 saturated heterocycles. The summed E-state index contributed by atoms with van der Waals surface area (Å²) in [4.78, 5) is 58.8. The van der Waals surface area contributed by atoms with Crippen LogP contribution in [0.1, 0.15) is 12.8 Å². The van der Waals surface area contributed by atoms with Crippen molar-refractivity contribution in [2.75, 3.05) is 31.1 Å². The Morgan fingerprint density at radius 2 is 1.79 bits per heavy atom. The maximum atomic E-state index is 12.2. The van der Waals surface area contributed by atoms with E-state index in [1.807, 2.05) is 0 Å². The van der Waals surface area contributed by atoms with Crippen LogP contribution in [0.2, 0.25) is 0 Å². The first-order chi connectivity index (χ1) is 13.6. The van der Waals surface area contributed by atoms with Crippen LogP contribution in [0.15, 0.2) is 5.16 Å². The minimum atomic E-state index is -1.27. The van der Waals surface area contributed by atoms with Crippen molar-refractivity contribution < 1.29 is 39.4 Å². The number of carboxylic acids is 2. The minimum Gasteiger partial charge on any atom is -0.481 e. The Kier molecular flexibility index (Phi) is 9.88. The predicted molar refractivity (Wildman–Crippen MR) is 101 cm³/mol. The van der Waals surface area contributed by atoms with E-state index >= 15 is 0 Å². The molecule has 162 valence electrons. The number of oxime groups is 1. The van der Waals surface area contributed by atoms with Gasteiger partial charge in [-0.1, -0.05) is 5.16 Å². The van der Waals surface area contributed by atoms with Crippen LogP contribution in [-0.4, -0.2) is 98.9 Å². The number of nitrogens with zero attached hydrogens (tertiary/aromatic N) is 2. The molecular formula is C15H23N5O8S. The first-order valence-electron chi connectivity index (χ1n) is 8.46. The number of carbonyl (C=O) groups is 5. The van der Waals surface area contributed by atoms with E-state index in [4.69, 9.17) is 21.2 Å². The van der Waals surface area contributed by atoms with Gasteiger partial charge >= 0.3 is 11.9 Å². The summed E-state index contributed by atoms with van der Waals surface area (Å²) in [6, 6.07) is -2.33. The summed E-state index contributed by atoms with van der Waals surface area (Å²) in [6.07, 6.45) is -0.470. The topological polar surface area (TPSA) is 212 Å². The van der Waals surface area contributed by atoms with Crippen molar-refractivity contribution in [2.45, 2.75) is 24.9 Å². The number of carboxylic acid groups (broad SMARTS) is 2. The van der Waals surface area contributed by atoms with Gasteiger partial charge in [-0.25, -0.2) is 0 Å². The van der Waals surface area contributed by atoms with Crippen LogP contribution in [0.4, 0.5) is 0 Å². The van der Waals surface area contributed by atoms with Crippen LogP contribution >= 0.6 is 11.8 Å². The molecule has 0 aromatic heterocycles. The summed E-state index contributed by atoms with van der Waals surface area (Å²) in [5.74, 6) is -4.24. The van der Waals surface area contributed by atoms with Crippen molar-refractivity contribution in [2.24, 2.45) is 10.9 Å². The average Bonchev–Trinajstić information content (AvgIpc) is 2.62. The molecule has 1 fully saturated rings. The molecule has 0 aromatic rings. The van der Waals surface area contributed by atoms with E-state index in [1.54, 1.807) is 0 Å². The smallest absolute Gasteiger partial charge is 0.322 e. The number of carbonyl (C=O) groups excluding carboxylic acids is 3. The highest BCUT2D eigenvalue weighted by atomic mass is 32.2. The molecule has 29 heavy (non-hydrogen) atoms. The van der Waals surface area contributed by atoms with E-state index in [9.17, 15) is 24.0 Å². The lowest BCUT2D eigenvalue weighted by Crippen LogP contribution is -2.54. The zero-order chi connectivity index (χ0) is 22.0. The third-order valence-electron chi connectivity index (χ3n) is 3.80. The molecule has 0 aliphatic carbocycles. The molecule has 0 aromatic carbocycles. The van der Waals surface area contributed by atoms with E-state index in [0.29, 0.717) is 5.71 Å². The molecular weight excluding hydrogens is 410 g/mol. The van der Waals surface area contributed by atoms with Gasteiger partial charge in [0, 0.05) is 12.2 Å². The first kappa shape index (κ1) is 24.2. The second-order valence-corrected chi connectivity index (χ2v) is 7.17. The van der Waals surface area contributed by atoms with Crippen molar-refractivity contribution in [1.82, 2.24) is 15.5 Å². The molecule has 1 heterocycles. The second kappa shape index (κ2) is 11.9.